The Bertz CT molecular complexity index is 718. The summed E-state index contributed by atoms with van der Waals surface area (Å²) >= 11 is 0. The van der Waals surface area contributed by atoms with Crippen LogP contribution in [0.3, 0.4) is 0 Å². The van der Waals surface area contributed by atoms with E-state index < -0.39 is 47.3 Å². The summed E-state index contributed by atoms with van der Waals surface area (Å²) in [5.74, 6) is -2.95. The summed E-state index contributed by atoms with van der Waals surface area (Å²) in [5.41, 5.74) is -0.933. The zero-order chi connectivity index (χ0) is 22.5. The van der Waals surface area contributed by atoms with Crippen LogP contribution in [0.15, 0.2) is 0 Å². The molecule has 30 heavy (non-hydrogen) atoms. The molecule has 2 aliphatic heterocycles. The smallest absolute Gasteiger partial charge is 0.430 e. The molecule has 4 amide bonds. The van der Waals surface area contributed by atoms with E-state index in [9.17, 15) is 28.8 Å². The van der Waals surface area contributed by atoms with Gasteiger partial charge < -0.3 is 9.57 Å². The van der Waals surface area contributed by atoms with Crippen LogP contribution in [0.1, 0.15) is 72.1 Å². The molecule has 0 N–H and O–H groups in total. The van der Waals surface area contributed by atoms with Crippen molar-refractivity contribution in [2.45, 2.75) is 78.2 Å². The van der Waals surface area contributed by atoms with E-state index in [-0.39, 0.29) is 25.7 Å². The second-order valence-corrected chi connectivity index (χ2v) is 7.62. The van der Waals surface area contributed by atoms with Crippen molar-refractivity contribution in [2.24, 2.45) is 5.41 Å². The summed E-state index contributed by atoms with van der Waals surface area (Å²) in [5, 5.41) is 0.930. The number of rotatable bonds is 9. The Hall–Kier alpha value is -2.98. The molecule has 0 aromatic carbocycles. The van der Waals surface area contributed by atoms with Crippen LogP contribution in [-0.2, 0) is 38.4 Å². The molecule has 0 spiro atoms. The molecule has 0 radical (unpaired) electrons. The summed E-state index contributed by atoms with van der Waals surface area (Å²) in [6.07, 6.45) is -0.103. The lowest BCUT2D eigenvalue weighted by molar-refractivity contribution is -0.205. The zero-order valence-electron chi connectivity index (χ0n) is 17.3. The fraction of sp³-hybridized carbons (Fsp3) is 0.684. The van der Waals surface area contributed by atoms with Crippen molar-refractivity contribution >= 4 is 35.8 Å². The molecule has 2 aliphatic rings. The van der Waals surface area contributed by atoms with Gasteiger partial charge in [-0.25, -0.2) is 9.59 Å². The summed E-state index contributed by atoms with van der Waals surface area (Å²) in [6.45, 7) is 5.07. The van der Waals surface area contributed by atoms with E-state index in [2.05, 4.69) is 4.84 Å². The maximum absolute atomic E-state index is 12.5. The van der Waals surface area contributed by atoms with Gasteiger partial charge in [-0.15, -0.1) is 5.06 Å². The van der Waals surface area contributed by atoms with Crippen LogP contribution in [0.25, 0.3) is 0 Å². The van der Waals surface area contributed by atoms with Crippen molar-refractivity contribution in [2.75, 3.05) is 0 Å². The molecule has 2 saturated heterocycles. The molecule has 11 heteroatoms. The molecule has 2 unspecified atom stereocenters. The first kappa shape index (κ1) is 23.3. The lowest BCUT2D eigenvalue weighted by Gasteiger charge is -2.27. The van der Waals surface area contributed by atoms with E-state index in [4.69, 9.17) is 9.57 Å². The number of hydrogen-bond donors (Lipinski definition) is 0. The minimum absolute atomic E-state index is 0.0119. The second kappa shape index (κ2) is 9.68. The first-order valence-corrected chi connectivity index (χ1v) is 9.90. The normalized spacial score (nSPS) is 19.7. The van der Waals surface area contributed by atoms with Crippen molar-refractivity contribution in [1.29, 1.82) is 0 Å². The van der Waals surface area contributed by atoms with E-state index in [0.717, 1.165) is 0 Å². The minimum atomic E-state index is -1.16. The van der Waals surface area contributed by atoms with Gasteiger partial charge in [0, 0.05) is 25.7 Å². The average Bonchev–Trinajstić information content (AvgIpc) is 3.17. The highest BCUT2D eigenvalue weighted by atomic mass is 16.8. The third-order valence-corrected chi connectivity index (χ3v) is 5.26. The van der Waals surface area contributed by atoms with Crippen molar-refractivity contribution < 1.29 is 43.2 Å². The molecule has 0 aromatic rings. The van der Waals surface area contributed by atoms with E-state index >= 15 is 0 Å². The van der Waals surface area contributed by atoms with Crippen LogP contribution in [0, 0.1) is 5.41 Å². The standard InChI is InChI=1S/C19H26N2O9/c1-4-19(3,17(26)29-20-13(22)7-8-14(20)23)11-5-6-12(2)28-18(27)30-21-15(24)9-10-16(21)25/h12H,4-11H2,1-3H3. The molecule has 0 aliphatic carbocycles. The Morgan fingerprint density at radius 2 is 1.40 bits per heavy atom. The van der Waals surface area contributed by atoms with Gasteiger partial charge in [0.2, 0.25) is 0 Å². The molecule has 2 rings (SSSR count). The Morgan fingerprint density at radius 1 is 0.933 bits per heavy atom. The predicted molar refractivity (Wildman–Crippen MR) is 97.5 cm³/mol. The van der Waals surface area contributed by atoms with E-state index in [1.54, 1.807) is 20.8 Å². The monoisotopic (exact) mass is 426 g/mol. The van der Waals surface area contributed by atoms with Gasteiger partial charge in [0.15, 0.2) is 0 Å². The van der Waals surface area contributed by atoms with Gasteiger partial charge in [0.05, 0.1) is 5.41 Å². The maximum Gasteiger partial charge on any atom is 0.534 e. The van der Waals surface area contributed by atoms with Crippen LogP contribution >= 0.6 is 0 Å². The highest BCUT2D eigenvalue weighted by Crippen LogP contribution is 2.31. The van der Waals surface area contributed by atoms with E-state index in [0.29, 0.717) is 35.8 Å². The van der Waals surface area contributed by atoms with E-state index in [1.165, 1.54) is 0 Å². The van der Waals surface area contributed by atoms with Crippen molar-refractivity contribution in [3.8, 4) is 0 Å². The van der Waals surface area contributed by atoms with Gasteiger partial charge >= 0.3 is 12.1 Å². The van der Waals surface area contributed by atoms with Gasteiger partial charge in [-0.3, -0.25) is 24.0 Å². The Labute approximate surface area is 173 Å². The van der Waals surface area contributed by atoms with Crippen LogP contribution in [0.4, 0.5) is 4.79 Å². The van der Waals surface area contributed by atoms with Gasteiger partial charge in [0.25, 0.3) is 23.6 Å². The molecule has 0 saturated carbocycles. The van der Waals surface area contributed by atoms with Gasteiger partial charge in [-0.2, -0.15) is 0 Å². The first-order valence-electron chi connectivity index (χ1n) is 9.90. The fourth-order valence-corrected chi connectivity index (χ4v) is 3.03. The van der Waals surface area contributed by atoms with Crippen molar-refractivity contribution in [1.82, 2.24) is 10.1 Å². The lowest BCUT2D eigenvalue weighted by atomic mass is 9.82. The highest BCUT2D eigenvalue weighted by Gasteiger charge is 2.39. The Morgan fingerprint density at radius 3 is 1.87 bits per heavy atom. The minimum Gasteiger partial charge on any atom is -0.430 e. The SMILES string of the molecule is CCC(C)(CCCC(C)OC(=O)ON1C(=O)CCC1=O)C(=O)ON1C(=O)CCC1=O. The van der Waals surface area contributed by atoms with Gasteiger partial charge in [-0.1, -0.05) is 12.0 Å². The predicted octanol–water partition coefficient (Wildman–Crippen LogP) is 1.79. The first-order chi connectivity index (χ1) is 14.1. The quantitative estimate of drug-likeness (QED) is 0.399. The van der Waals surface area contributed by atoms with Crippen LogP contribution in [-0.4, -0.2) is 52.0 Å². The van der Waals surface area contributed by atoms with E-state index in [1.807, 2.05) is 0 Å². The topological polar surface area (TPSA) is 137 Å². The third-order valence-electron chi connectivity index (χ3n) is 5.26. The van der Waals surface area contributed by atoms with Crippen molar-refractivity contribution in [3.63, 3.8) is 0 Å². The number of hydroxylamine groups is 4. The van der Waals surface area contributed by atoms with Gasteiger partial charge in [0.1, 0.15) is 6.10 Å². The molecule has 2 heterocycles. The molecule has 2 fully saturated rings. The van der Waals surface area contributed by atoms with Crippen LogP contribution in [0.5, 0.6) is 0 Å². The molecule has 0 bridgehead atoms. The fourth-order valence-electron chi connectivity index (χ4n) is 3.03. The summed E-state index contributed by atoms with van der Waals surface area (Å²) < 4.78 is 5.03. The number of nitrogens with zero attached hydrogens (tertiary/aromatic N) is 2. The highest BCUT2D eigenvalue weighted by molar-refractivity contribution is 6.02. The molecule has 166 valence electrons. The number of imide groups is 2. The van der Waals surface area contributed by atoms with Crippen molar-refractivity contribution in [3.05, 3.63) is 0 Å². The van der Waals surface area contributed by atoms with Crippen LogP contribution in [0.2, 0.25) is 0 Å². The Balaban J connectivity index is 1.78. The molecule has 2 atom stereocenters. The molecule has 0 aromatic heterocycles. The number of ether oxygens (including phenoxy) is 1. The van der Waals surface area contributed by atoms with Gasteiger partial charge in [-0.05, 0) is 39.5 Å². The third kappa shape index (κ3) is 5.55. The Kier molecular flexibility index (Phi) is 7.52. The molecular weight excluding hydrogens is 400 g/mol. The number of hydrogen-bond acceptors (Lipinski definition) is 9. The number of carbonyl (C=O) groups excluding carboxylic acids is 6. The van der Waals surface area contributed by atoms with Crippen LogP contribution < -0.4 is 0 Å². The molecular formula is C19H26N2O9. The summed E-state index contributed by atoms with van der Waals surface area (Å²) in [7, 11) is 0. The second-order valence-electron chi connectivity index (χ2n) is 7.62. The molecule has 11 nitrogen and oxygen atoms in total. The summed E-state index contributed by atoms with van der Waals surface area (Å²) in [4.78, 5) is 80.0. The number of carbonyl (C=O) groups is 6. The summed E-state index contributed by atoms with van der Waals surface area (Å²) in [6, 6.07) is 0. The number of amides is 4. The average molecular weight is 426 g/mol. The zero-order valence-corrected chi connectivity index (χ0v) is 17.3. The largest absolute Gasteiger partial charge is 0.534 e. The maximum atomic E-state index is 12.5. The lowest BCUT2D eigenvalue weighted by Crippen LogP contribution is -2.39.